The molecule has 0 spiro atoms. The number of nitrogens with zero attached hydrogens (tertiary/aromatic N) is 1. The Bertz CT molecular complexity index is 431. The van der Waals surface area contributed by atoms with Crippen LogP contribution in [0.25, 0.3) is 0 Å². The molecule has 3 unspecified atom stereocenters. The van der Waals surface area contributed by atoms with Gasteiger partial charge in [-0.1, -0.05) is 37.3 Å². The van der Waals surface area contributed by atoms with Gasteiger partial charge in [0.25, 0.3) is 0 Å². The first-order chi connectivity index (χ1) is 8.75. The van der Waals surface area contributed by atoms with Crippen molar-refractivity contribution >= 4 is 5.91 Å². The lowest BCUT2D eigenvalue weighted by atomic mass is 10.1. The Morgan fingerprint density at radius 2 is 2.06 bits per heavy atom. The molecular formula is C15H20N2O. The maximum Gasteiger partial charge on any atom is 0.241 e. The van der Waals surface area contributed by atoms with Gasteiger partial charge in [0.1, 0.15) is 0 Å². The van der Waals surface area contributed by atoms with Crippen LogP contribution in [0.3, 0.4) is 0 Å². The second-order valence-electron chi connectivity index (χ2n) is 5.53. The molecule has 0 bridgehead atoms. The second-order valence-corrected chi connectivity index (χ2v) is 5.53. The highest BCUT2D eigenvalue weighted by atomic mass is 16.2. The SMILES string of the molecule is CC1CC1N1CNC(CCc2ccccc2)C1=O. The molecule has 3 rings (SSSR count). The monoisotopic (exact) mass is 244 g/mol. The van der Waals surface area contributed by atoms with Gasteiger partial charge in [0.15, 0.2) is 0 Å². The number of carbonyl (C=O) groups excluding carboxylic acids is 1. The summed E-state index contributed by atoms with van der Waals surface area (Å²) < 4.78 is 0. The minimum Gasteiger partial charge on any atom is -0.325 e. The number of amides is 1. The highest BCUT2D eigenvalue weighted by Crippen LogP contribution is 2.36. The van der Waals surface area contributed by atoms with E-state index in [2.05, 4.69) is 36.5 Å². The number of aryl methyl sites for hydroxylation is 1. The topological polar surface area (TPSA) is 32.3 Å². The Morgan fingerprint density at radius 1 is 1.33 bits per heavy atom. The Kier molecular flexibility index (Phi) is 3.08. The van der Waals surface area contributed by atoms with Crippen LogP contribution in [0.5, 0.6) is 0 Å². The molecule has 1 aliphatic heterocycles. The maximum atomic E-state index is 12.2. The van der Waals surface area contributed by atoms with Crippen molar-refractivity contribution in [1.82, 2.24) is 10.2 Å². The molecule has 1 heterocycles. The van der Waals surface area contributed by atoms with Crippen LogP contribution in [0, 0.1) is 5.92 Å². The summed E-state index contributed by atoms with van der Waals surface area (Å²) in [6.45, 7) is 2.96. The predicted molar refractivity (Wildman–Crippen MR) is 71.0 cm³/mol. The van der Waals surface area contributed by atoms with Crippen LogP contribution in [0.15, 0.2) is 30.3 Å². The zero-order valence-electron chi connectivity index (χ0n) is 10.8. The molecule has 1 saturated carbocycles. The molecule has 1 N–H and O–H groups in total. The van der Waals surface area contributed by atoms with Gasteiger partial charge >= 0.3 is 0 Å². The van der Waals surface area contributed by atoms with Gasteiger partial charge in [0.2, 0.25) is 5.91 Å². The van der Waals surface area contributed by atoms with Gasteiger partial charge in [-0.3, -0.25) is 10.1 Å². The number of carbonyl (C=O) groups is 1. The minimum atomic E-state index is 0.0259. The summed E-state index contributed by atoms with van der Waals surface area (Å²) in [5.74, 6) is 1.00. The van der Waals surface area contributed by atoms with Gasteiger partial charge in [0.05, 0.1) is 12.7 Å². The third kappa shape index (κ3) is 2.27. The Labute approximate surface area is 108 Å². The lowest BCUT2D eigenvalue weighted by molar-refractivity contribution is -0.129. The molecule has 2 aliphatic rings. The Balaban J connectivity index is 1.54. The smallest absolute Gasteiger partial charge is 0.241 e. The average molecular weight is 244 g/mol. The van der Waals surface area contributed by atoms with Crippen LogP contribution in [0.1, 0.15) is 25.3 Å². The van der Waals surface area contributed by atoms with Crippen molar-refractivity contribution in [3.8, 4) is 0 Å². The van der Waals surface area contributed by atoms with E-state index in [9.17, 15) is 4.79 Å². The number of benzene rings is 1. The van der Waals surface area contributed by atoms with Crippen LogP contribution in [-0.2, 0) is 11.2 Å². The van der Waals surface area contributed by atoms with Gasteiger partial charge in [-0.2, -0.15) is 0 Å². The Hall–Kier alpha value is -1.35. The van der Waals surface area contributed by atoms with Gasteiger partial charge in [-0.25, -0.2) is 0 Å². The second kappa shape index (κ2) is 4.73. The Morgan fingerprint density at radius 3 is 2.72 bits per heavy atom. The van der Waals surface area contributed by atoms with Gasteiger partial charge in [-0.15, -0.1) is 0 Å². The first-order valence-corrected chi connectivity index (χ1v) is 6.83. The zero-order valence-corrected chi connectivity index (χ0v) is 10.8. The maximum absolute atomic E-state index is 12.2. The van der Waals surface area contributed by atoms with Gasteiger partial charge < -0.3 is 4.90 Å². The van der Waals surface area contributed by atoms with Crippen molar-refractivity contribution in [2.45, 2.75) is 38.3 Å². The van der Waals surface area contributed by atoms with E-state index in [-0.39, 0.29) is 6.04 Å². The molecule has 1 aliphatic carbocycles. The molecule has 3 heteroatoms. The van der Waals surface area contributed by atoms with Crippen LogP contribution in [-0.4, -0.2) is 29.6 Å². The summed E-state index contributed by atoms with van der Waals surface area (Å²) in [4.78, 5) is 14.2. The first-order valence-electron chi connectivity index (χ1n) is 6.83. The zero-order chi connectivity index (χ0) is 12.5. The third-order valence-corrected chi connectivity index (χ3v) is 4.12. The normalized spacial score (nSPS) is 30.8. The lowest BCUT2D eigenvalue weighted by Gasteiger charge is -2.14. The van der Waals surface area contributed by atoms with Crippen molar-refractivity contribution < 1.29 is 4.79 Å². The quantitative estimate of drug-likeness (QED) is 0.875. The predicted octanol–water partition coefficient (Wildman–Crippen LogP) is 1.79. The number of nitrogens with one attached hydrogen (secondary N) is 1. The van der Waals surface area contributed by atoms with Gasteiger partial charge in [-0.05, 0) is 30.7 Å². The molecule has 3 atom stereocenters. The van der Waals surface area contributed by atoms with Crippen molar-refractivity contribution in [2.75, 3.05) is 6.67 Å². The molecule has 1 aromatic carbocycles. The molecule has 1 amide bonds. The van der Waals surface area contributed by atoms with Crippen molar-refractivity contribution in [3.05, 3.63) is 35.9 Å². The van der Waals surface area contributed by atoms with E-state index in [4.69, 9.17) is 0 Å². The fourth-order valence-electron chi connectivity index (χ4n) is 2.77. The highest BCUT2D eigenvalue weighted by Gasteiger charge is 2.44. The van der Waals surface area contributed by atoms with Crippen LogP contribution >= 0.6 is 0 Å². The lowest BCUT2D eigenvalue weighted by Crippen LogP contribution is -2.32. The molecule has 2 fully saturated rings. The molecular weight excluding hydrogens is 224 g/mol. The molecule has 3 nitrogen and oxygen atoms in total. The molecule has 0 aromatic heterocycles. The molecule has 1 aromatic rings. The average Bonchev–Trinajstić information content (AvgIpc) is 2.99. The summed E-state index contributed by atoms with van der Waals surface area (Å²) >= 11 is 0. The van der Waals surface area contributed by atoms with Crippen molar-refractivity contribution in [1.29, 1.82) is 0 Å². The summed E-state index contributed by atoms with van der Waals surface area (Å²) in [5, 5.41) is 3.34. The summed E-state index contributed by atoms with van der Waals surface area (Å²) in [6, 6.07) is 10.9. The number of hydrogen-bond acceptors (Lipinski definition) is 2. The van der Waals surface area contributed by atoms with E-state index >= 15 is 0 Å². The highest BCUT2D eigenvalue weighted by molar-refractivity contribution is 5.84. The largest absolute Gasteiger partial charge is 0.325 e. The van der Waals surface area contributed by atoms with E-state index in [1.807, 2.05) is 11.0 Å². The van der Waals surface area contributed by atoms with E-state index in [0.717, 1.165) is 19.5 Å². The minimum absolute atomic E-state index is 0.0259. The molecule has 1 saturated heterocycles. The fourth-order valence-corrected chi connectivity index (χ4v) is 2.77. The van der Waals surface area contributed by atoms with Crippen LogP contribution < -0.4 is 5.32 Å². The molecule has 18 heavy (non-hydrogen) atoms. The van der Waals surface area contributed by atoms with E-state index < -0.39 is 0 Å². The first kappa shape index (κ1) is 11.7. The summed E-state index contributed by atoms with van der Waals surface area (Å²) in [5.41, 5.74) is 1.31. The molecule has 96 valence electrons. The molecule has 0 radical (unpaired) electrons. The van der Waals surface area contributed by atoms with Crippen LogP contribution in [0.4, 0.5) is 0 Å². The number of rotatable bonds is 4. The standard InChI is InChI=1S/C15H20N2O/c1-11-9-14(11)17-10-16-13(15(17)18)8-7-12-5-3-2-4-6-12/h2-6,11,13-14,16H,7-10H2,1H3. The fraction of sp³-hybridized carbons (Fsp3) is 0.533. The van der Waals surface area contributed by atoms with E-state index in [1.165, 1.54) is 12.0 Å². The van der Waals surface area contributed by atoms with Crippen molar-refractivity contribution in [2.24, 2.45) is 5.92 Å². The summed E-state index contributed by atoms with van der Waals surface area (Å²) in [6.07, 6.45) is 3.05. The van der Waals surface area contributed by atoms with E-state index in [0.29, 0.717) is 17.9 Å². The third-order valence-electron chi connectivity index (χ3n) is 4.12. The van der Waals surface area contributed by atoms with Crippen LogP contribution in [0.2, 0.25) is 0 Å². The summed E-state index contributed by atoms with van der Waals surface area (Å²) in [7, 11) is 0. The van der Waals surface area contributed by atoms with Crippen molar-refractivity contribution in [3.63, 3.8) is 0 Å². The van der Waals surface area contributed by atoms with E-state index in [1.54, 1.807) is 0 Å². The van der Waals surface area contributed by atoms with Gasteiger partial charge in [0, 0.05) is 6.04 Å². The number of hydrogen-bond donors (Lipinski definition) is 1.